The number of carbonyl (C=O) groups excluding carboxylic acids is 1. The maximum absolute atomic E-state index is 12.1. The summed E-state index contributed by atoms with van der Waals surface area (Å²) in [6, 6.07) is 5.63. The van der Waals surface area contributed by atoms with Gasteiger partial charge in [0.1, 0.15) is 0 Å². The van der Waals surface area contributed by atoms with E-state index in [9.17, 15) is 14.9 Å². The second-order valence-electron chi connectivity index (χ2n) is 4.03. The molecule has 0 saturated heterocycles. The molecule has 0 radical (unpaired) electrons. The van der Waals surface area contributed by atoms with E-state index < -0.39 is 10.8 Å². The van der Waals surface area contributed by atoms with E-state index in [1.54, 1.807) is 6.07 Å². The van der Waals surface area contributed by atoms with Crippen molar-refractivity contribution in [2.75, 3.05) is 5.32 Å². The molecule has 0 spiro atoms. The van der Waals surface area contributed by atoms with Crippen LogP contribution in [0.3, 0.4) is 0 Å². The van der Waals surface area contributed by atoms with Crippen molar-refractivity contribution >= 4 is 40.5 Å². The molecule has 1 N–H and O–H groups in total. The number of nitro benzene ring substituents is 1. The van der Waals surface area contributed by atoms with Crippen LogP contribution < -0.4 is 5.32 Å². The number of carbonyl (C=O) groups is 1. The topological polar surface area (TPSA) is 98.0 Å². The van der Waals surface area contributed by atoms with Gasteiger partial charge in [-0.2, -0.15) is 0 Å². The van der Waals surface area contributed by atoms with Crippen molar-refractivity contribution in [3.8, 4) is 0 Å². The fourth-order valence-electron chi connectivity index (χ4n) is 1.66. The smallest absolute Gasteiger partial charge is 0.274 e. The Hall–Kier alpha value is -2.25. The van der Waals surface area contributed by atoms with Crippen molar-refractivity contribution in [1.29, 1.82) is 0 Å². The minimum absolute atomic E-state index is 0.0142. The van der Waals surface area contributed by atoms with Crippen LogP contribution >= 0.6 is 23.2 Å². The van der Waals surface area contributed by atoms with Crippen LogP contribution in [0.15, 0.2) is 24.3 Å². The molecule has 1 aromatic carbocycles. The highest BCUT2D eigenvalue weighted by atomic mass is 35.5. The van der Waals surface area contributed by atoms with Gasteiger partial charge in [0.25, 0.3) is 11.6 Å². The minimum Gasteiger partial charge on any atom is -0.321 e. The summed E-state index contributed by atoms with van der Waals surface area (Å²) in [7, 11) is 0. The SMILES string of the molecule is Cc1c(NC(=O)c2cc(Cl)nnc2Cl)cccc1[N+](=O)[O-]. The summed E-state index contributed by atoms with van der Waals surface area (Å²) in [6.45, 7) is 1.53. The number of anilines is 1. The van der Waals surface area contributed by atoms with E-state index in [0.29, 0.717) is 11.3 Å². The minimum atomic E-state index is -0.583. The van der Waals surface area contributed by atoms with Crippen molar-refractivity contribution in [1.82, 2.24) is 10.2 Å². The first-order valence-electron chi connectivity index (χ1n) is 5.64. The highest BCUT2D eigenvalue weighted by molar-refractivity contribution is 6.34. The zero-order valence-electron chi connectivity index (χ0n) is 10.6. The number of nitro groups is 1. The first-order valence-corrected chi connectivity index (χ1v) is 6.40. The molecule has 1 aromatic heterocycles. The summed E-state index contributed by atoms with van der Waals surface area (Å²) >= 11 is 11.4. The van der Waals surface area contributed by atoms with E-state index in [1.807, 2.05) is 0 Å². The van der Waals surface area contributed by atoms with Gasteiger partial charge in [0, 0.05) is 6.07 Å². The van der Waals surface area contributed by atoms with Crippen molar-refractivity contribution < 1.29 is 9.72 Å². The molecule has 7 nitrogen and oxygen atoms in total. The maximum atomic E-state index is 12.1. The number of nitrogens with zero attached hydrogens (tertiary/aromatic N) is 3. The van der Waals surface area contributed by atoms with Crippen molar-refractivity contribution in [3.05, 3.63) is 55.8 Å². The van der Waals surface area contributed by atoms with Crippen molar-refractivity contribution in [3.63, 3.8) is 0 Å². The fourth-order valence-corrected chi connectivity index (χ4v) is 1.98. The number of halogens is 2. The van der Waals surface area contributed by atoms with Crippen molar-refractivity contribution in [2.45, 2.75) is 6.92 Å². The predicted molar refractivity (Wildman–Crippen MR) is 77.8 cm³/mol. The second-order valence-corrected chi connectivity index (χ2v) is 4.78. The molecule has 21 heavy (non-hydrogen) atoms. The first kappa shape index (κ1) is 15.1. The van der Waals surface area contributed by atoms with E-state index in [1.165, 1.54) is 25.1 Å². The van der Waals surface area contributed by atoms with Crippen LogP contribution in [0.4, 0.5) is 11.4 Å². The van der Waals surface area contributed by atoms with Crippen LogP contribution in [-0.2, 0) is 0 Å². The second kappa shape index (κ2) is 6.02. The molecule has 0 saturated carbocycles. The van der Waals surface area contributed by atoms with Crippen LogP contribution in [0, 0.1) is 17.0 Å². The Morgan fingerprint density at radius 3 is 2.71 bits per heavy atom. The number of amides is 1. The zero-order chi connectivity index (χ0) is 15.6. The summed E-state index contributed by atoms with van der Waals surface area (Å²) in [6.07, 6.45) is 0. The van der Waals surface area contributed by atoms with Gasteiger partial charge < -0.3 is 5.32 Å². The van der Waals surface area contributed by atoms with Gasteiger partial charge in [-0.05, 0) is 19.1 Å². The number of aromatic nitrogens is 2. The maximum Gasteiger partial charge on any atom is 0.274 e. The van der Waals surface area contributed by atoms with E-state index in [0.717, 1.165) is 0 Å². The lowest BCUT2D eigenvalue weighted by Crippen LogP contribution is -2.14. The van der Waals surface area contributed by atoms with Gasteiger partial charge >= 0.3 is 0 Å². The standard InChI is InChI=1S/C12H8Cl2N4O3/c1-6-8(3-2-4-9(6)18(20)21)15-12(19)7-5-10(13)16-17-11(7)14/h2-5H,1H3,(H,15,19). The molecule has 0 unspecified atom stereocenters. The summed E-state index contributed by atoms with van der Waals surface area (Å²) in [4.78, 5) is 22.5. The van der Waals surface area contributed by atoms with Crippen LogP contribution in [0.1, 0.15) is 15.9 Å². The Bertz CT molecular complexity index is 736. The van der Waals surface area contributed by atoms with Gasteiger partial charge in [0.15, 0.2) is 10.3 Å². The average molecular weight is 327 g/mol. The van der Waals surface area contributed by atoms with Gasteiger partial charge in [0.05, 0.1) is 21.7 Å². The monoisotopic (exact) mass is 326 g/mol. The molecule has 0 aliphatic heterocycles. The predicted octanol–water partition coefficient (Wildman–Crippen LogP) is 3.25. The molecule has 9 heteroatoms. The third-order valence-electron chi connectivity index (χ3n) is 2.71. The zero-order valence-corrected chi connectivity index (χ0v) is 12.1. The summed E-state index contributed by atoms with van der Waals surface area (Å²) in [5.74, 6) is -0.583. The van der Waals surface area contributed by atoms with E-state index in [2.05, 4.69) is 15.5 Å². The average Bonchev–Trinajstić information content (AvgIpc) is 2.43. The molecule has 2 rings (SSSR count). The Balaban J connectivity index is 2.34. The number of rotatable bonds is 3. The molecular formula is C12H8Cl2N4O3. The summed E-state index contributed by atoms with van der Waals surface area (Å²) in [5.41, 5.74) is 0.575. The van der Waals surface area contributed by atoms with Crippen LogP contribution in [0.25, 0.3) is 0 Å². The molecule has 108 valence electrons. The van der Waals surface area contributed by atoms with E-state index in [4.69, 9.17) is 23.2 Å². The largest absolute Gasteiger partial charge is 0.321 e. The van der Waals surface area contributed by atoms with Gasteiger partial charge in [-0.1, -0.05) is 29.3 Å². The molecule has 0 aliphatic carbocycles. The van der Waals surface area contributed by atoms with Gasteiger partial charge in [-0.25, -0.2) is 0 Å². The molecule has 1 amide bonds. The fraction of sp³-hybridized carbons (Fsp3) is 0.0833. The van der Waals surface area contributed by atoms with Crippen LogP contribution in [0.5, 0.6) is 0 Å². The van der Waals surface area contributed by atoms with E-state index in [-0.39, 0.29) is 21.6 Å². The highest BCUT2D eigenvalue weighted by Crippen LogP contribution is 2.26. The van der Waals surface area contributed by atoms with E-state index >= 15 is 0 Å². The molecule has 0 fully saturated rings. The lowest BCUT2D eigenvalue weighted by Gasteiger charge is -2.09. The number of hydrogen-bond acceptors (Lipinski definition) is 5. The molecular weight excluding hydrogens is 319 g/mol. The molecule has 2 aromatic rings. The number of nitrogens with one attached hydrogen (secondary N) is 1. The Morgan fingerprint density at radius 1 is 1.33 bits per heavy atom. The van der Waals surface area contributed by atoms with Crippen LogP contribution in [0.2, 0.25) is 10.3 Å². The van der Waals surface area contributed by atoms with Crippen LogP contribution in [-0.4, -0.2) is 21.0 Å². The molecule has 1 heterocycles. The normalized spacial score (nSPS) is 10.2. The third-order valence-corrected chi connectivity index (χ3v) is 3.18. The Labute approximate surface area is 129 Å². The summed E-state index contributed by atoms with van der Waals surface area (Å²) in [5, 5.41) is 20.3. The Morgan fingerprint density at radius 2 is 2.05 bits per heavy atom. The first-order chi connectivity index (χ1) is 9.90. The van der Waals surface area contributed by atoms with Gasteiger partial charge in [-0.3, -0.25) is 14.9 Å². The van der Waals surface area contributed by atoms with Gasteiger partial charge in [-0.15, -0.1) is 10.2 Å². The lowest BCUT2D eigenvalue weighted by molar-refractivity contribution is -0.385. The van der Waals surface area contributed by atoms with Crippen molar-refractivity contribution in [2.24, 2.45) is 0 Å². The summed E-state index contributed by atoms with van der Waals surface area (Å²) < 4.78 is 0. The van der Waals surface area contributed by atoms with Gasteiger partial charge in [0.2, 0.25) is 0 Å². The quantitative estimate of drug-likeness (QED) is 0.689. The Kier molecular flexibility index (Phi) is 4.35. The lowest BCUT2D eigenvalue weighted by atomic mass is 10.1. The third kappa shape index (κ3) is 3.26. The number of hydrogen-bond donors (Lipinski definition) is 1. The molecule has 0 bridgehead atoms. The highest BCUT2D eigenvalue weighted by Gasteiger charge is 2.18. The number of benzene rings is 1. The molecule has 0 atom stereocenters. The molecule has 0 aliphatic rings.